The molecule has 0 saturated heterocycles. The number of ketones is 1. The number of carbonyl (C=O) groups excluding carboxylic acids is 1. The summed E-state index contributed by atoms with van der Waals surface area (Å²) in [6.07, 6.45) is 12.7. The summed E-state index contributed by atoms with van der Waals surface area (Å²) in [5.74, 6) is -1.75. The van der Waals surface area contributed by atoms with Gasteiger partial charge in [0.2, 0.25) is 5.78 Å². The third kappa shape index (κ3) is 6.03. The van der Waals surface area contributed by atoms with Crippen LogP contribution in [-0.2, 0) is 9.59 Å². The third-order valence-electron chi connectivity index (χ3n) is 4.53. The van der Waals surface area contributed by atoms with E-state index in [-0.39, 0.29) is 5.92 Å². The van der Waals surface area contributed by atoms with E-state index in [0.29, 0.717) is 5.92 Å². The maximum atomic E-state index is 12.1. The number of Topliss-reactive ketones (excluding diaryl/α,β-unsaturated/α-hetero) is 1. The molecule has 0 aromatic carbocycles. The van der Waals surface area contributed by atoms with Crippen LogP contribution in [-0.4, -0.2) is 16.9 Å². The Morgan fingerprint density at radius 1 is 1.19 bits per heavy atom. The van der Waals surface area contributed by atoms with Crippen molar-refractivity contribution in [3.8, 4) is 0 Å². The van der Waals surface area contributed by atoms with E-state index < -0.39 is 11.8 Å². The highest BCUT2D eigenvalue weighted by Crippen LogP contribution is 2.33. The van der Waals surface area contributed by atoms with Crippen LogP contribution in [0.3, 0.4) is 0 Å². The van der Waals surface area contributed by atoms with Gasteiger partial charge in [-0.05, 0) is 31.6 Å². The first kappa shape index (κ1) is 17.9. The molecule has 21 heavy (non-hydrogen) atoms. The first-order chi connectivity index (χ1) is 10.1. The summed E-state index contributed by atoms with van der Waals surface area (Å²) in [4.78, 5) is 23.2. The van der Waals surface area contributed by atoms with Gasteiger partial charge < -0.3 is 5.11 Å². The minimum absolute atomic E-state index is 0.372. The molecule has 3 heteroatoms. The average molecular weight is 294 g/mol. The highest BCUT2D eigenvalue weighted by atomic mass is 16.4. The minimum atomic E-state index is -1.27. The van der Waals surface area contributed by atoms with Gasteiger partial charge in [0.05, 0.1) is 5.92 Å². The van der Waals surface area contributed by atoms with E-state index >= 15 is 0 Å². The largest absolute Gasteiger partial charge is 0.475 e. The number of rotatable bonds is 11. The zero-order valence-electron chi connectivity index (χ0n) is 13.6. The van der Waals surface area contributed by atoms with Gasteiger partial charge in [0.25, 0.3) is 0 Å². The maximum Gasteiger partial charge on any atom is 0.372 e. The van der Waals surface area contributed by atoms with Gasteiger partial charge in [0, 0.05) is 0 Å². The fourth-order valence-corrected chi connectivity index (χ4v) is 3.39. The molecule has 0 aliphatic heterocycles. The second kappa shape index (κ2) is 9.75. The van der Waals surface area contributed by atoms with Crippen molar-refractivity contribution in [2.24, 2.45) is 11.8 Å². The lowest BCUT2D eigenvalue weighted by Crippen LogP contribution is -2.27. The van der Waals surface area contributed by atoms with Gasteiger partial charge in [0.15, 0.2) is 0 Å². The van der Waals surface area contributed by atoms with Gasteiger partial charge in [-0.15, -0.1) is 0 Å². The smallest absolute Gasteiger partial charge is 0.372 e. The van der Waals surface area contributed by atoms with Gasteiger partial charge >= 0.3 is 5.97 Å². The molecule has 0 radical (unpaired) electrons. The van der Waals surface area contributed by atoms with Gasteiger partial charge in [-0.25, -0.2) is 4.79 Å². The lowest BCUT2D eigenvalue weighted by Gasteiger charge is -2.22. The Morgan fingerprint density at radius 2 is 1.95 bits per heavy atom. The Hall–Kier alpha value is -1.12. The molecule has 3 nitrogen and oxygen atoms in total. The fourth-order valence-electron chi connectivity index (χ4n) is 3.39. The quantitative estimate of drug-likeness (QED) is 0.340. The van der Waals surface area contributed by atoms with Crippen molar-refractivity contribution in [3.63, 3.8) is 0 Å². The summed E-state index contributed by atoms with van der Waals surface area (Å²) in [7, 11) is 0. The first-order valence-electron chi connectivity index (χ1n) is 8.56. The van der Waals surface area contributed by atoms with Crippen LogP contribution in [0.4, 0.5) is 0 Å². The van der Waals surface area contributed by atoms with Crippen LogP contribution < -0.4 is 0 Å². The van der Waals surface area contributed by atoms with E-state index in [1.165, 1.54) is 19.3 Å². The van der Waals surface area contributed by atoms with Crippen LogP contribution in [0, 0.1) is 11.8 Å². The van der Waals surface area contributed by atoms with Crippen LogP contribution >= 0.6 is 0 Å². The lowest BCUT2D eigenvalue weighted by molar-refractivity contribution is -0.150. The lowest BCUT2D eigenvalue weighted by atomic mass is 9.81. The Morgan fingerprint density at radius 3 is 2.48 bits per heavy atom. The molecule has 1 aliphatic rings. The van der Waals surface area contributed by atoms with Gasteiger partial charge in [-0.1, -0.05) is 64.0 Å². The van der Waals surface area contributed by atoms with Gasteiger partial charge in [-0.2, -0.15) is 0 Å². The molecule has 0 unspecified atom stereocenters. The molecule has 0 spiro atoms. The molecule has 0 amide bonds. The molecule has 1 aliphatic carbocycles. The highest BCUT2D eigenvalue weighted by Gasteiger charge is 2.31. The van der Waals surface area contributed by atoms with Crippen molar-refractivity contribution in [3.05, 3.63) is 11.6 Å². The Balaban J connectivity index is 2.71. The number of allylic oxidation sites excluding steroid dienone is 2. The van der Waals surface area contributed by atoms with E-state index in [9.17, 15) is 9.59 Å². The Kier molecular flexibility index (Phi) is 8.33. The molecule has 1 N–H and O–H groups in total. The number of hydrogen-bond acceptors (Lipinski definition) is 2. The molecule has 2 atom stereocenters. The molecular weight excluding hydrogens is 264 g/mol. The number of carboxylic acid groups (broad SMARTS) is 1. The predicted octanol–water partition coefficient (Wildman–Crippen LogP) is 4.75. The van der Waals surface area contributed by atoms with Crippen molar-refractivity contribution in [2.75, 3.05) is 0 Å². The summed E-state index contributed by atoms with van der Waals surface area (Å²) in [6.45, 7) is 4.35. The second-order valence-electron chi connectivity index (χ2n) is 6.28. The van der Waals surface area contributed by atoms with E-state index in [1.54, 1.807) is 0 Å². The Labute approximate surface area is 128 Å². The van der Waals surface area contributed by atoms with Crippen molar-refractivity contribution in [2.45, 2.75) is 78.1 Å². The summed E-state index contributed by atoms with van der Waals surface area (Å²) >= 11 is 0. The van der Waals surface area contributed by atoms with Crippen LogP contribution in [0.2, 0.25) is 0 Å². The van der Waals surface area contributed by atoms with Crippen LogP contribution in [0.15, 0.2) is 11.6 Å². The summed E-state index contributed by atoms with van der Waals surface area (Å²) in [6, 6.07) is 0. The SMILES string of the molecule is CCCCC[C@@H](CCC)C[C@@H](C(=O)C(=O)O)C1=CCCC1. The zero-order chi connectivity index (χ0) is 15.7. The molecule has 0 bridgehead atoms. The molecular formula is C18H30O3. The molecule has 1 rings (SSSR count). The minimum Gasteiger partial charge on any atom is -0.475 e. The second-order valence-corrected chi connectivity index (χ2v) is 6.28. The monoisotopic (exact) mass is 294 g/mol. The van der Waals surface area contributed by atoms with E-state index in [4.69, 9.17) is 5.11 Å². The van der Waals surface area contributed by atoms with E-state index in [1.807, 2.05) is 0 Å². The molecule has 0 fully saturated rings. The molecule has 0 aromatic rings. The number of aliphatic carboxylic acids is 1. The average Bonchev–Trinajstić information content (AvgIpc) is 2.98. The fraction of sp³-hybridized carbons (Fsp3) is 0.778. The zero-order valence-corrected chi connectivity index (χ0v) is 13.6. The topological polar surface area (TPSA) is 54.4 Å². The van der Waals surface area contributed by atoms with Crippen molar-refractivity contribution < 1.29 is 14.7 Å². The van der Waals surface area contributed by atoms with Crippen LogP contribution in [0.1, 0.15) is 78.1 Å². The highest BCUT2D eigenvalue weighted by molar-refractivity contribution is 6.34. The molecule has 120 valence electrons. The van der Waals surface area contributed by atoms with E-state index in [0.717, 1.165) is 50.5 Å². The van der Waals surface area contributed by atoms with Crippen LogP contribution in [0.25, 0.3) is 0 Å². The van der Waals surface area contributed by atoms with Crippen molar-refractivity contribution in [1.82, 2.24) is 0 Å². The number of carbonyl (C=O) groups is 2. The van der Waals surface area contributed by atoms with Crippen molar-refractivity contribution >= 4 is 11.8 Å². The summed E-state index contributed by atoms with van der Waals surface area (Å²) in [5, 5.41) is 9.09. The normalized spacial score (nSPS) is 17.3. The standard InChI is InChI=1S/C18H30O3/c1-3-5-6-10-14(9-4-2)13-16(17(19)18(20)21)15-11-7-8-12-15/h11,14,16H,3-10,12-13H2,1-2H3,(H,20,21)/t14-,16-/m1/s1. The van der Waals surface area contributed by atoms with Gasteiger partial charge in [0.1, 0.15) is 0 Å². The maximum absolute atomic E-state index is 12.1. The van der Waals surface area contributed by atoms with Gasteiger partial charge in [-0.3, -0.25) is 4.79 Å². The third-order valence-corrected chi connectivity index (χ3v) is 4.53. The first-order valence-corrected chi connectivity index (χ1v) is 8.56. The number of unbranched alkanes of at least 4 members (excludes halogenated alkanes) is 2. The number of hydrogen-bond donors (Lipinski definition) is 1. The predicted molar refractivity (Wildman–Crippen MR) is 85.2 cm³/mol. The van der Waals surface area contributed by atoms with Crippen molar-refractivity contribution in [1.29, 1.82) is 0 Å². The molecule has 0 aromatic heterocycles. The summed E-state index contributed by atoms with van der Waals surface area (Å²) in [5.41, 5.74) is 1.08. The summed E-state index contributed by atoms with van der Waals surface area (Å²) < 4.78 is 0. The molecule has 0 heterocycles. The number of carboxylic acids is 1. The van der Waals surface area contributed by atoms with Crippen LogP contribution in [0.5, 0.6) is 0 Å². The van der Waals surface area contributed by atoms with E-state index in [2.05, 4.69) is 19.9 Å². The Bertz CT molecular complexity index is 369. The molecule has 0 saturated carbocycles.